The molecule has 3 heterocycles. The number of ether oxygens (including phenoxy) is 5. The van der Waals surface area contributed by atoms with E-state index in [0.29, 0.717) is 6.61 Å². The maximum absolute atomic E-state index is 9.61. The molecule has 0 aliphatic carbocycles. The standard InChI is InChI=1S/C12H20O6/c1-10(2)14-5-7-8(16-10)9-12(6-13,15-7)18-11(3,4)17-9/h7-9,13H,5-6H2,1-4H3/t7-,8-,9+,12-/m0/s1. The maximum Gasteiger partial charge on any atom is 0.224 e. The Morgan fingerprint density at radius 3 is 2.44 bits per heavy atom. The highest BCUT2D eigenvalue weighted by Gasteiger charge is 2.67. The van der Waals surface area contributed by atoms with E-state index in [2.05, 4.69) is 0 Å². The molecule has 0 aromatic rings. The summed E-state index contributed by atoms with van der Waals surface area (Å²) in [4.78, 5) is 0. The largest absolute Gasteiger partial charge is 0.391 e. The minimum Gasteiger partial charge on any atom is -0.391 e. The van der Waals surface area contributed by atoms with Crippen LogP contribution in [-0.4, -0.2) is 54.0 Å². The molecule has 0 aromatic carbocycles. The molecule has 6 nitrogen and oxygen atoms in total. The average Bonchev–Trinajstić information content (AvgIpc) is 2.66. The molecule has 0 unspecified atom stereocenters. The van der Waals surface area contributed by atoms with Crippen LogP contribution in [0.25, 0.3) is 0 Å². The Kier molecular flexibility index (Phi) is 2.59. The van der Waals surface area contributed by atoms with E-state index in [4.69, 9.17) is 23.7 Å². The third-order valence-corrected chi connectivity index (χ3v) is 3.51. The van der Waals surface area contributed by atoms with Gasteiger partial charge in [-0.2, -0.15) is 0 Å². The van der Waals surface area contributed by atoms with Crippen molar-refractivity contribution in [1.29, 1.82) is 0 Å². The van der Waals surface area contributed by atoms with Crippen LogP contribution in [-0.2, 0) is 23.7 Å². The molecule has 3 fully saturated rings. The lowest BCUT2D eigenvalue weighted by Crippen LogP contribution is -2.51. The first-order valence-electron chi connectivity index (χ1n) is 6.25. The van der Waals surface area contributed by atoms with Crippen molar-refractivity contribution >= 4 is 0 Å². The minimum atomic E-state index is -1.14. The van der Waals surface area contributed by atoms with Gasteiger partial charge < -0.3 is 28.8 Å². The van der Waals surface area contributed by atoms with Crippen molar-refractivity contribution in [2.45, 2.75) is 63.4 Å². The van der Waals surface area contributed by atoms with Gasteiger partial charge in [-0.25, -0.2) is 0 Å². The van der Waals surface area contributed by atoms with E-state index in [1.54, 1.807) is 13.8 Å². The second kappa shape index (κ2) is 3.65. The molecule has 4 atom stereocenters. The SMILES string of the molecule is CC1(C)OC[C@@H]2O[C@@]3(CO)OC(C)(C)O[C@@H]3[C@H]2O1. The predicted molar refractivity (Wildman–Crippen MR) is 59.6 cm³/mol. The monoisotopic (exact) mass is 260 g/mol. The van der Waals surface area contributed by atoms with Crippen molar-refractivity contribution in [2.24, 2.45) is 0 Å². The molecule has 0 aromatic heterocycles. The highest BCUT2D eigenvalue weighted by Crippen LogP contribution is 2.48. The van der Waals surface area contributed by atoms with E-state index < -0.39 is 23.5 Å². The molecule has 3 aliphatic heterocycles. The lowest BCUT2D eigenvalue weighted by Gasteiger charge is -2.38. The van der Waals surface area contributed by atoms with E-state index in [9.17, 15) is 5.11 Å². The van der Waals surface area contributed by atoms with Crippen LogP contribution in [0.15, 0.2) is 0 Å². The number of hydrogen-bond donors (Lipinski definition) is 1. The summed E-state index contributed by atoms with van der Waals surface area (Å²) in [6.07, 6.45) is -1.00. The molecule has 0 saturated carbocycles. The van der Waals surface area contributed by atoms with Gasteiger partial charge in [-0.05, 0) is 27.7 Å². The van der Waals surface area contributed by atoms with Gasteiger partial charge in [-0.3, -0.25) is 0 Å². The molecule has 6 heteroatoms. The zero-order valence-corrected chi connectivity index (χ0v) is 11.1. The smallest absolute Gasteiger partial charge is 0.224 e. The molecule has 0 spiro atoms. The molecule has 3 rings (SSSR count). The van der Waals surface area contributed by atoms with E-state index in [0.717, 1.165) is 0 Å². The van der Waals surface area contributed by atoms with Crippen LogP contribution in [0.4, 0.5) is 0 Å². The summed E-state index contributed by atoms with van der Waals surface area (Å²) in [5, 5.41) is 9.61. The molecule has 3 aliphatic rings. The fourth-order valence-electron chi connectivity index (χ4n) is 2.89. The zero-order chi connectivity index (χ0) is 13.2. The van der Waals surface area contributed by atoms with Crippen LogP contribution in [0.1, 0.15) is 27.7 Å². The van der Waals surface area contributed by atoms with Gasteiger partial charge in [0.15, 0.2) is 11.6 Å². The fraction of sp³-hybridized carbons (Fsp3) is 1.00. The summed E-state index contributed by atoms with van der Waals surface area (Å²) < 4.78 is 28.8. The van der Waals surface area contributed by atoms with E-state index in [1.807, 2.05) is 13.8 Å². The summed E-state index contributed by atoms with van der Waals surface area (Å²) in [5.41, 5.74) is 0. The van der Waals surface area contributed by atoms with Crippen LogP contribution in [0, 0.1) is 0 Å². The van der Waals surface area contributed by atoms with Crippen LogP contribution in [0.3, 0.4) is 0 Å². The topological polar surface area (TPSA) is 66.4 Å². The van der Waals surface area contributed by atoms with Crippen LogP contribution in [0.5, 0.6) is 0 Å². The molecule has 0 bridgehead atoms. The summed E-state index contributed by atoms with van der Waals surface area (Å²) in [5.74, 6) is -2.60. The summed E-state index contributed by atoms with van der Waals surface area (Å²) >= 11 is 0. The van der Waals surface area contributed by atoms with Crippen LogP contribution >= 0.6 is 0 Å². The normalized spacial score (nSPS) is 48.8. The Labute approximate surface area is 106 Å². The van der Waals surface area contributed by atoms with Gasteiger partial charge >= 0.3 is 0 Å². The zero-order valence-electron chi connectivity index (χ0n) is 11.1. The maximum atomic E-state index is 9.61. The van der Waals surface area contributed by atoms with Crippen molar-refractivity contribution in [3.63, 3.8) is 0 Å². The third-order valence-electron chi connectivity index (χ3n) is 3.51. The first-order valence-corrected chi connectivity index (χ1v) is 6.25. The molecule has 3 saturated heterocycles. The number of fused-ring (bicyclic) bond motifs is 3. The first-order chi connectivity index (χ1) is 8.27. The van der Waals surface area contributed by atoms with Gasteiger partial charge in [0.05, 0.1) is 6.61 Å². The third kappa shape index (κ3) is 1.79. The van der Waals surface area contributed by atoms with E-state index in [1.165, 1.54) is 0 Å². The Morgan fingerprint density at radius 1 is 1.06 bits per heavy atom. The van der Waals surface area contributed by atoms with Crippen molar-refractivity contribution < 1.29 is 28.8 Å². The van der Waals surface area contributed by atoms with Gasteiger partial charge in [0.1, 0.15) is 24.9 Å². The van der Waals surface area contributed by atoms with Gasteiger partial charge in [-0.15, -0.1) is 0 Å². The van der Waals surface area contributed by atoms with Gasteiger partial charge in [-0.1, -0.05) is 0 Å². The fourth-order valence-corrected chi connectivity index (χ4v) is 2.89. The Balaban J connectivity index is 1.88. The van der Waals surface area contributed by atoms with Crippen molar-refractivity contribution in [3.05, 3.63) is 0 Å². The lowest BCUT2D eigenvalue weighted by atomic mass is 10.0. The highest BCUT2D eigenvalue weighted by atomic mass is 16.9. The van der Waals surface area contributed by atoms with Crippen LogP contribution in [0.2, 0.25) is 0 Å². The van der Waals surface area contributed by atoms with Gasteiger partial charge in [0, 0.05) is 0 Å². The van der Waals surface area contributed by atoms with E-state index in [-0.39, 0.29) is 18.8 Å². The predicted octanol–water partition coefficient (Wildman–Crippen LogP) is 0.377. The van der Waals surface area contributed by atoms with E-state index >= 15 is 0 Å². The van der Waals surface area contributed by atoms with Crippen molar-refractivity contribution in [3.8, 4) is 0 Å². The minimum absolute atomic E-state index is 0.266. The molecule has 104 valence electrons. The summed E-state index contributed by atoms with van der Waals surface area (Å²) in [6.45, 7) is 7.43. The highest BCUT2D eigenvalue weighted by molar-refractivity contribution is 5.04. The molecular weight excluding hydrogens is 240 g/mol. The quantitative estimate of drug-likeness (QED) is 0.735. The van der Waals surface area contributed by atoms with Crippen molar-refractivity contribution in [1.82, 2.24) is 0 Å². The first kappa shape index (κ1) is 12.8. The summed E-state index contributed by atoms with van der Waals surface area (Å²) in [6, 6.07) is 0. The molecule has 0 radical (unpaired) electrons. The number of hydrogen-bond acceptors (Lipinski definition) is 6. The van der Waals surface area contributed by atoms with Gasteiger partial charge in [0.2, 0.25) is 5.79 Å². The summed E-state index contributed by atoms with van der Waals surface area (Å²) in [7, 11) is 0. The second-order valence-corrected chi connectivity index (χ2v) is 5.96. The molecule has 0 amide bonds. The molecular formula is C12H20O6. The van der Waals surface area contributed by atoms with Crippen LogP contribution < -0.4 is 0 Å². The number of aliphatic hydroxyl groups is 1. The lowest BCUT2D eigenvalue weighted by molar-refractivity contribution is -0.330. The molecule has 1 N–H and O–H groups in total. The number of rotatable bonds is 1. The average molecular weight is 260 g/mol. The second-order valence-electron chi connectivity index (χ2n) is 5.96. The van der Waals surface area contributed by atoms with Gasteiger partial charge in [0.25, 0.3) is 0 Å². The Morgan fingerprint density at radius 2 is 1.78 bits per heavy atom. The Hall–Kier alpha value is -0.240. The molecule has 18 heavy (non-hydrogen) atoms. The Bertz CT molecular complexity index is 354. The number of aliphatic hydroxyl groups excluding tert-OH is 1. The van der Waals surface area contributed by atoms with Crippen molar-refractivity contribution in [2.75, 3.05) is 13.2 Å².